The standard InChI is InChI=1S/C15H15N3OS/c1-18-11-16-17-15(18)20-9-8-19-14-7-6-12-4-2-3-5-13(12)10-14/h2-7,10-11H,8-9H2,1H3. The van der Waals surface area contributed by atoms with E-state index in [-0.39, 0.29) is 0 Å². The Hall–Kier alpha value is -2.01. The molecule has 0 aliphatic rings. The van der Waals surface area contributed by atoms with Crippen LogP contribution in [0.2, 0.25) is 0 Å². The van der Waals surface area contributed by atoms with Crippen molar-refractivity contribution in [2.45, 2.75) is 5.16 Å². The third-order valence-corrected chi connectivity index (χ3v) is 3.97. The molecule has 0 amide bonds. The van der Waals surface area contributed by atoms with Gasteiger partial charge in [-0.25, -0.2) is 0 Å². The lowest BCUT2D eigenvalue weighted by atomic mass is 10.1. The van der Waals surface area contributed by atoms with Crippen molar-refractivity contribution in [2.75, 3.05) is 12.4 Å². The summed E-state index contributed by atoms with van der Waals surface area (Å²) in [6.45, 7) is 0.649. The largest absolute Gasteiger partial charge is 0.493 e. The first kappa shape index (κ1) is 13.0. The van der Waals surface area contributed by atoms with E-state index in [2.05, 4.69) is 34.5 Å². The monoisotopic (exact) mass is 285 g/mol. The minimum absolute atomic E-state index is 0.649. The molecule has 0 saturated carbocycles. The minimum Gasteiger partial charge on any atom is -0.493 e. The van der Waals surface area contributed by atoms with Gasteiger partial charge in [0.1, 0.15) is 12.1 Å². The molecule has 0 spiro atoms. The van der Waals surface area contributed by atoms with Gasteiger partial charge in [-0.1, -0.05) is 42.1 Å². The molecule has 0 saturated heterocycles. The highest BCUT2D eigenvalue weighted by atomic mass is 32.2. The van der Waals surface area contributed by atoms with Gasteiger partial charge in [0.25, 0.3) is 0 Å². The third-order valence-electron chi connectivity index (χ3n) is 2.97. The van der Waals surface area contributed by atoms with E-state index in [1.807, 2.05) is 29.8 Å². The number of aryl methyl sites for hydroxylation is 1. The van der Waals surface area contributed by atoms with Crippen molar-refractivity contribution >= 4 is 22.5 Å². The van der Waals surface area contributed by atoms with Gasteiger partial charge < -0.3 is 9.30 Å². The summed E-state index contributed by atoms with van der Waals surface area (Å²) < 4.78 is 7.68. The average molecular weight is 285 g/mol. The van der Waals surface area contributed by atoms with E-state index in [4.69, 9.17) is 4.74 Å². The predicted octanol–water partition coefficient (Wildman–Crippen LogP) is 3.14. The Morgan fingerprint density at radius 2 is 2.00 bits per heavy atom. The van der Waals surface area contributed by atoms with Gasteiger partial charge in [-0.3, -0.25) is 0 Å². The summed E-state index contributed by atoms with van der Waals surface area (Å²) in [5.41, 5.74) is 0. The van der Waals surface area contributed by atoms with Crippen LogP contribution in [-0.4, -0.2) is 27.1 Å². The summed E-state index contributed by atoms with van der Waals surface area (Å²) in [5.74, 6) is 1.75. The van der Waals surface area contributed by atoms with Gasteiger partial charge in [-0.05, 0) is 22.9 Å². The van der Waals surface area contributed by atoms with Crippen LogP contribution in [0.1, 0.15) is 0 Å². The Bertz CT molecular complexity index is 711. The van der Waals surface area contributed by atoms with E-state index >= 15 is 0 Å². The number of rotatable bonds is 5. The predicted molar refractivity (Wildman–Crippen MR) is 81.2 cm³/mol. The molecular weight excluding hydrogens is 270 g/mol. The smallest absolute Gasteiger partial charge is 0.190 e. The zero-order valence-electron chi connectivity index (χ0n) is 11.2. The molecule has 3 rings (SSSR count). The van der Waals surface area contributed by atoms with Gasteiger partial charge >= 0.3 is 0 Å². The quantitative estimate of drug-likeness (QED) is 0.533. The number of aromatic nitrogens is 3. The lowest BCUT2D eigenvalue weighted by Gasteiger charge is -2.07. The van der Waals surface area contributed by atoms with Crippen LogP contribution in [0.15, 0.2) is 53.9 Å². The molecule has 0 unspecified atom stereocenters. The maximum absolute atomic E-state index is 5.77. The van der Waals surface area contributed by atoms with Crippen molar-refractivity contribution in [2.24, 2.45) is 7.05 Å². The molecule has 1 aromatic heterocycles. The molecule has 0 radical (unpaired) electrons. The second-order valence-electron chi connectivity index (χ2n) is 4.43. The third kappa shape index (κ3) is 2.93. The summed E-state index contributed by atoms with van der Waals surface area (Å²) >= 11 is 1.64. The first-order valence-corrected chi connectivity index (χ1v) is 7.40. The molecule has 5 heteroatoms. The fraction of sp³-hybridized carbons (Fsp3) is 0.200. The SMILES string of the molecule is Cn1cnnc1SCCOc1ccc2ccccc2c1. The zero-order chi connectivity index (χ0) is 13.8. The number of fused-ring (bicyclic) bond motifs is 1. The van der Waals surface area contributed by atoms with Crippen molar-refractivity contribution in [1.29, 1.82) is 0 Å². The van der Waals surface area contributed by atoms with Gasteiger partial charge in [-0.15, -0.1) is 10.2 Å². The van der Waals surface area contributed by atoms with E-state index in [9.17, 15) is 0 Å². The summed E-state index contributed by atoms with van der Waals surface area (Å²) in [7, 11) is 1.94. The fourth-order valence-electron chi connectivity index (χ4n) is 1.95. The number of benzene rings is 2. The molecule has 102 valence electrons. The summed E-state index contributed by atoms with van der Waals surface area (Å²) in [4.78, 5) is 0. The fourth-order valence-corrected chi connectivity index (χ4v) is 2.66. The second-order valence-corrected chi connectivity index (χ2v) is 5.49. The summed E-state index contributed by atoms with van der Waals surface area (Å²) in [6, 6.07) is 14.4. The molecule has 0 N–H and O–H groups in total. The van der Waals surface area contributed by atoms with Crippen LogP contribution in [-0.2, 0) is 7.05 Å². The van der Waals surface area contributed by atoms with Gasteiger partial charge in [0, 0.05) is 12.8 Å². The van der Waals surface area contributed by atoms with E-state index in [0.29, 0.717) is 6.61 Å². The molecule has 0 bridgehead atoms. The summed E-state index contributed by atoms with van der Waals surface area (Å²) in [6.07, 6.45) is 1.70. The number of nitrogens with zero attached hydrogens (tertiary/aromatic N) is 3. The number of hydrogen-bond donors (Lipinski definition) is 0. The molecule has 20 heavy (non-hydrogen) atoms. The minimum atomic E-state index is 0.649. The molecule has 1 heterocycles. The lowest BCUT2D eigenvalue weighted by molar-refractivity contribution is 0.344. The molecule has 0 aliphatic carbocycles. The van der Waals surface area contributed by atoms with Crippen molar-refractivity contribution in [3.8, 4) is 5.75 Å². The van der Waals surface area contributed by atoms with Crippen LogP contribution in [0.25, 0.3) is 10.8 Å². The Kier molecular flexibility index (Phi) is 3.87. The lowest BCUT2D eigenvalue weighted by Crippen LogP contribution is -2.01. The van der Waals surface area contributed by atoms with Crippen LogP contribution in [0, 0.1) is 0 Å². The number of thioether (sulfide) groups is 1. The number of hydrogen-bond acceptors (Lipinski definition) is 4. The van der Waals surface area contributed by atoms with Crippen LogP contribution in [0.3, 0.4) is 0 Å². The molecule has 0 aliphatic heterocycles. The number of ether oxygens (including phenoxy) is 1. The Labute approximate surface area is 121 Å². The second kappa shape index (κ2) is 5.96. The van der Waals surface area contributed by atoms with Crippen LogP contribution in [0.5, 0.6) is 5.75 Å². The molecule has 0 atom stereocenters. The maximum atomic E-state index is 5.77. The normalized spacial score (nSPS) is 10.8. The maximum Gasteiger partial charge on any atom is 0.190 e. The van der Waals surface area contributed by atoms with E-state index in [1.54, 1.807) is 18.1 Å². The van der Waals surface area contributed by atoms with Crippen LogP contribution >= 0.6 is 11.8 Å². The first-order chi connectivity index (χ1) is 9.83. The van der Waals surface area contributed by atoms with Crippen molar-refractivity contribution in [3.05, 3.63) is 48.8 Å². The van der Waals surface area contributed by atoms with Crippen molar-refractivity contribution in [3.63, 3.8) is 0 Å². The van der Waals surface area contributed by atoms with E-state index in [0.717, 1.165) is 16.7 Å². The highest BCUT2D eigenvalue weighted by Gasteiger charge is 2.01. The summed E-state index contributed by atoms with van der Waals surface area (Å²) in [5, 5.41) is 11.2. The molecule has 0 fully saturated rings. The van der Waals surface area contributed by atoms with Gasteiger partial charge in [0.2, 0.25) is 0 Å². The highest BCUT2D eigenvalue weighted by Crippen LogP contribution is 2.21. The molecule has 3 aromatic rings. The average Bonchev–Trinajstić information content (AvgIpc) is 2.89. The van der Waals surface area contributed by atoms with Gasteiger partial charge in [-0.2, -0.15) is 0 Å². The Balaban J connectivity index is 1.56. The molecule has 4 nitrogen and oxygen atoms in total. The highest BCUT2D eigenvalue weighted by molar-refractivity contribution is 7.99. The topological polar surface area (TPSA) is 39.9 Å². The zero-order valence-corrected chi connectivity index (χ0v) is 12.0. The van der Waals surface area contributed by atoms with Crippen LogP contribution < -0.4 is 4.74 Å². The van der Waals surface area contributed by atoms with Crippen LogP contribution in [0.4, 0.5) is 0 Å². The van der Waals surface area contributed by atoms with Crippen molar-refractivity contribution < 1.29 is 4.74 Å². The Morgan fingerprint density at radius 3 is 2.80 bits per heavy atom. The first-order valence-electron chi connectivity index (χ1n) is 6.41. The van der Waals surface area contributed by atoms with E-state index < -0.39 is 0 Å². The molecular formula is C15H15N3OS. The van der Waals surface area contributed by atoms with E-state index in [1.165, 1.54) is 10.8 Å². The van der Waals surface area contributed by atoms with Crippen molar-refractivity contribution in [1.82, 2.24) is 14.8 Å². The Morgan fingerprint density at radius 1 is 1.15 bits per heavy atom. The van der Waals surface area contributed by atoms with Gasteiger partial charge in [0.15, 0.2) is 5.16 Å². The molecule has 2 aromatic carbocycles. The van der Waals surface area contributed by atoms with Gasteiger partial charge in [0.05, 0.1) is 6.61 Å².